The summed E-state index contributed by atoms with van der Waals surface area (Å²) in [5.41, 5.74) is 0.242. The molecule has 0 spiro atoms. The number of nitrogens with one attached hydrogen (secondary N) is 2. The van der Waals surface area contributed by atoms with Crippen molar-refractivity contribution in [3.05, 3.63) is 36.3 Å². The lowest BCUT2D eigenvalue weighted by Crippen LogP contribution is -2.36. The van der Waals surface area contributed by atoms with E-state index in [0.29, 0.717) is 5.82 Å². The van der Waals surface area contributed by atoms with Crippen LogP contribution >= 0.6 is 0 Å². The van der Waals surface area contributed by atoms with Gasteiger partial charge < -0.3 is 20.1 Å². The Bertz CT molecular complexity index is 505. The van der Waals surface area contributed by atoms with Gasteiger partial charge in [0.2, 0.25) is 0 Å². The second-order valence-electron chi connectivity index (χ2n) is 4.71. The Hall–Kier alpha value is -2.57. The van der Waals surface area contributed by atoms with Gasteiger partial charge in [0.1, 0.15) is 12.4 Å². The van der Waals surface area contributed by atoms with E-state index in [2.05, 4.69) is 17.2 Å². The van der Waals surface area contributed by atoms with Crippen LogP contribution in [-0.2, 0) is 23.9 Å². The predicted molar refractivity (Wildman–Crippen MR) is 74.4 cm³/mol. The summed E-state index contributed by atoms with van der Waals surface area (Å²) in [6, 6.07) is 0. The first kappa shape index (κ1) is 16.5. The Morgan fingerprint density at radius 1 is 1.29 bits per heavy atom. The van der Waals surface area contributed by atoms with Crippen molar-refractivity contribution in [2.45, 2.75) is 13.8 Å². The maximum absolute atomic E-state index is 11.5. The molecule has 0 aliphatic carbocycles. The highest BCUT2D eigenvalue weighted by molar-refractivity contribution is 5.96. The summed E-state index contributed by atoms with van der Waals surface area (Å²) in [4.78, 5) is 34.1. The van der Waals surface area contributed by atoms with Gasteiger partial charge >= 0.3 is 11.9 Å². The van der Waals surface area contributed by atoms with Gasteiger partial charge in [-0.3, -0.25) is 4.79 Å². The molecule has 2 N–H and O–H groups in total. The van der Waals surface area contributed by atoms with Crippen molar-refractivity contribution in [3.63, 3.8) is 0 Å². The van der Waals surface area contributed by atoms with Gasteiger partial charge in [0.05, 0.1) is 12.2 Å². The van der Waals surface area contributed by atoms with Crippen LogP contribution in [0, 0.1) is 5.92 Å². The second kappa shape index (κ2) is 7.88. The van der Waals surface area contributed by atoms with Gasteiger partial charge in [0, 0.05) is 18.4 Å². The van der Waals surface area contributed by atoms with Crippen molar-refractivity contribution in [3.8, 4) is 0 Å². The minimum absolute atomic E-state index is 0.212. The first-order chi connectivity index (χ1) is 9.88. The van der Waals surface area contributed by atoms with Gasteiger partial charge in [0.25, 0.3) is 5.91 Å². The maximum Gasteiger partial charge on any atom is 0.331 e. The van der Waals surface area contributed by atoms with Crippen molar-refractivity contribution < 1.29 is 23.9 Å². The topological polar surface area (TPSA) is 93.7 Å². The first-order valence-electron chi connectivity index (χ1n) is 6.36. The third-order valence-electron chi connectivity index (χ3n) is 2.26. The van der Waals surface area contributed by atoms with Crippen LogP contribution in [0.15, 0.2) is 36.3 Å². The molecule has 0 aromatic carbocycles. The molecular weight excluding hydrogens is 276 g/mol. The van der Waals surface area contributed by atoms with Crippen LogP contribution in [0.3, 0.4) is 0 Å². The molecule has 0 atom stereocenters. The zero-order chi connectivity index (χ0) is 15.8. The fraction of sp³-hybridized carbons (Fsp3) is 0.357. The van der Waals surface area contributed by atoms with Crippen LogP contribution in [0.1, 0.15) is 13.8 Å². The Labute approximate surface area is 122 Å². The van der Waals surface area contributed by atoms with Crippen molar-refractivity contribution >= 4 is 17.8 Å². The SMILES string of the molecule is C=C1NC=C(COC(=O)/C=C/C(=O)OCC(C)C)C(=O)N1. The standard InChI is InChI=1S/C14H18N2O5/c1-9(2)7-20-12(17)4-5-13(18)21-8-11-6-15-10(3)16-14(11)19/h4-6,9,15H,3,7-8H2,1-2H3,(H,16,19)/b5-4+. The Balaban J connectivity index is 2.35. The lowest BCUT2D eigenvalue weighted by molar-refractivity contribution is -0.140. The highest BCUT2D eigenvalue weighted by Crippen LogP contribution is 2.02. The van der Waals surface area contributed by atoms with Gasteiger partial charge in [-0.15, -0.1) is 0 Å². The van der Waals surface area contributed by atoms with Gasteiger partial charge in [-0.2, -0.15) is 0 Å². The van der Waals surface area contributed by atoms with E-state index in [1.165, 1.54) is 6.20 Å². The molecule has 0 fully saturated rings. The lowest BCUT2D eigenvalue weighted by atomic mass is 10.2. The zero-order valence-corrected chi connectivity index (χ0v) is 12.0. The molecule has 0 saturated heterocycles. The van der Waals surface area contributed by atoms with E-state index in [9.17, 15) is 14.4 Å². The van der Waals surface area contributed by atoms with E-state index in [-0.39, 0.29) is 24.7 Å². The van der Waals surface area contributed by atoms with Crippen molar-refractivity contribution in [2.24, 2.45) is 5.92 Å². The molecule has 7 heteroatoms. The summed E-state index contributed by atoms with van der Waals surface area (Å²) in [7, 11) is 0. The molecule has 1 aliphatic rings. The van der Waals surface area contributed by atoms with E-state index in [1.807, 2.05) is 13.8 Å². The highest BCUT2D eigenvalue weighted by atomic mass is 16.5. The van der Waals surface area contributed by atoms with Crippen LogP contribution in [0.5, 0.6) is 0 Å². The first-order valence-corrected chi connectivity index (χ1v) is 6.36. The van der Waals surface area contributed by atoms with E-state index >= 15 is 0 Å². The highest BCUT2D eigenvalue weighted by Gasteiger charge is 2.16. The molecule has 1 amide bonds. The summed E-state index contributed by atoms with van der Waals surface area (Å²) in [5.74, 6) is -1.19. The van der Waals surface area contributed by atoms with Crippen LogP contribution in [0.4, 0.5) is 0 Å². The lowest BCUT2D eigenvalue weighted by Gasteiger charge is -2.16. The quantitative estimate of drug-likeness (QED) is 0.542. The third-order valence-corrected chi connectivity index (χ3v) is 2.26. The average Bonchev–Trinajstić information content (AvgIpc) is 2.41. The van der Waals surface area contributed by atoms with Crippen molar-refractivity contribution in [2.75, 3.05) is 13.2 Å². The van der Waals surface area contributed by atoms with Gasteiger partial charge in [-0.25, -0.2) is 9.59 Å². The Kier molecular flexibility index (Phi) is 6.19. The molecule has 21 heavy (non-hydrogen) atoms. The normalized spacial score (nSPS) is 14.5. The van der Waals surface area contributed by atoms with Crippen LogP contribution in [-0.4, -0.2) is 31.1 Å². The van der Waals surface area contributed by atoms with Crippen LogP contribution < -0.4 is 10.6 Å². The predicted octanol–water partition coefficient (Wildman–Crippen LogP) is 0.359. The number of ether oxygens (including phenoxy) is 2. The summed E-state index contributed by atoms with van der Waals surface area (Å²) in [5, 5.41) is 5.13. The Morgan fingerprint density at radius 2 is 1.90 bits per heavy atom. The largest absolute Gasteiger partial charge is 0.462 e. The molecule has 1 aliphatic heterocycles. The summed E-state index contributed by atoms with van der Waals surface area (Å²) < 4.78 is 9.68. The van der Waals surface area contributed by atoms with Gasteiger partial charge in [-0.05, 0) is 5.92 Å². The molecule has 0 radical (unpaired) electrons. The molecule has 0 aromatic rings. The number of carbonyl (C=O) groups excluding carboxylic acids is 3. The molecule has 1 heterocycles. The molecule has 7 nitrogen and oxygen atoms in total. The number of hydrogen-bond donors (Lipinski definition) is 2. The molecule has 0 unspecified atom stereocenters. The Morgan fingerprint density at radius 3 is 2.48 bits per heavy atom. The summed E-state index contributed by atoms with van der Waals surface area (Å²) >= 11 is 0. The van der Waals surface area contributed by atoms with Crippen LogP contribution in [0.2, 0.25) is 0 Å². The third kappa shape index (κ3) is 6.42. The number of carbonyl (C=O) groups is 3. The van der Waals surface area contributed by atoms with Crippen molar-refractivity contribution in [1.29, 1.82) is 0 Å². The minimum atomic E-state index is -0.741. The number of amides is 1. The van der Waals surface area contributed by atoms with E-state index < -0.39 is 17.8 Å². The molecule has 1 rings (SSSR count). The van der Waals surface area contributed by atoms with E-state index in [0.717, 1.165) is 12.2 Å². The fourth-order valence-electron chi connectivity index (χ4n) is 1.23. The molecular formula is C14H18N2O5. The summed E-state index contributed by atoms with van der Waals surface area (Å²) in [6.45, 7) is 7.38. The maximum atomic E-state index is 11.5. The van der Waals surface area contributed by atoms with E-state index in [1.54, 1.807) is 0 Å². The summed E-state index contributed by atoms with van der Waals surface area (Å²) in [6.07, 6.45) is 3.34. The molecule has 0 aromatic heterocycles. The molecule has 0 saturated carbocycles. The monoisotopic (exact) mass is 294 g/mol. The smallest absolute Gasteiger partial charge is 0.331 e. The minimum Gasteiger partial charge on any atom is -0.462 e. The van der Waals surface area contributed by atoms with Gasteiger partial charge in [0.15, 0.2) is 0 Å². The number of rotatable bonds is 6. The number of esters is 2. The average molecular weight is 294 g/mol. The van der Waals surface area contributed by atoms with Gasteiger partial charge in [-0.1, -0.05) is 20.4 Å². The number of hydrogen-bond acceptors (Lipinski definition) is 6. The fourth-order valence-corrected chi connectivity index (χ4v) is 1.23. The van der Waals surface area contributed by atoms with Crippen LogP contribution in [0.25, 0.3) is 0 Å². The molecule has 0 bridgehead atoms. The van der Waals surface area contributed by atoms with Crippen molar-refractivity contribution in [1.82, 2.24) is 10.6 Å². The molecule has 114 valence electrons. The van der Waals surface area contributed by atoms with E-state index in [4.69, 9.17) is 9.47 Å². The second-order valence-corrected chi connectivity index (χ2v) is 4.71. The zero-order valence-electron chi connectivity index (χ0n) is 12.0.